The summed E-state index contributed by atoms with van der Waals surface area (Å²) in [6, 6.07) is 11.2. The maximum absolute atomic E-state index is 13.1. The van der Waals surface area contributed by atoms with Crippen molar-refractivity contribution in [1.29, 1.82) is 0 Å². The molecule has 0 amide bonds. The number of phenols is 1. The second-order valence-electron chi connectivity index (χ2n) is 5.78. The highest BCUT2D eigenvalue weighted by Crippen LogP contribution is 2.25. The van der Waals surface area contributed by atoms with Crippen LogP contribution in [0.4, 0.5) is 9.52 Å². The van der Waals surface area contributed by atoms with Crippen molar-refractivity contribution < 1.29 is 19.0 Å². The Hall–Kier alpha value is -3.26. The molecule has 0 saturated heterocycles. The van der Waals surface area contributed by atoms with E-state index < -0.39 is 0 Å². The molecule has 3 rings (SSSR count). The van der Waals surface area contributed by atoms with E-state index in [-0.39, 0.29) is 24.0 Å². The van der Waals surface area contributed by atoms with Crippen LogP contribution in [-0.4, -0.2) is 28.9 Å². The van der Waals surface area contributed by atoms with Gasteiger partial charge >= 0.3 is 5.97 Å². The molecule has 0 atom stereocenters. The van der Waals surface area contributed by atoms with Crippen molar-refractivity contribution in [3.8, 4) is 16.9 Å². The van der Waals surface area contributed by atoms with Gasteiger partial charge in [0.15, 0.2) is 0 Å². The number of hydrogen-bond donors (Lipinski definition) is 2. The first-order chi connectivity index (χ1) is 13.5. The fourth-order valence-corrected chi connectivity index (χ4v) is 3.10. The number of hydrazone groups is 1. The van der Waals surface area contributed by atoms with Gasteiger partial charge in [0.2, 0.25) is 5.13 Å². The second kappa shape index (κ2) is 9.09. The summed E-state index contributed by atoms with van der Waals surface area (Å²) in [5.74, 6) is -0.566. The number of phenolic OH excluding ortho intramolecular Hbond substituents is 1. The minimum absolute atomic E-state index is 0.0681. The van der Waals surface area contributed by atoms with Gasteiger partial charge in [-0.15, -0.1) is 11.3 Å². The molecule has 6 nitrogen and oxygen atoms in total. The largest absolute Gasteiger partial charge is 0.507 e. The Morgan fingerprint density at radius 2 is 2.04 bits per heavy atom. The Kier molecular flexibility index (Phi) is 6.33. The Morgan fingerprint density at radius 1 is 1.29 bits per heavy atom. The SMILES string of the molecule is CCOC(=O)Cc1csc(NN=Cc2cc(-c3ccc(F)cc3)ccc2O)n1. The van der Waals surface area contributed by atoms with Crippen LogP contribution in [0.2, 0.25) is 0 Å². The molecule has 0 saturated carbocycles. The summed E-state index contributed by atoms with van der Waals surface area (Å²) in [6.07, 6.45) is 1.57. The van der Waals surface area contributed by atoms with Gasteiger partial charge in [-0.25, -0.2) is 9.37 Å². The Bertz CT molecular complexity index is 987. The number of aromatic hydroxyl groups is 1. The number of halogens is 1. The number of esters is 1. The number of aromatic nitrogens is 1. The molecule has 0 bridgehead atoms. The highest BCUT2D eigenvalue weighted by molar-refractivity contribution is 7.13. The zero-order valence-electron chi connectivity index (χ0n) is 15.1. The lowest BCUT2D eigenvalue weighted by molar-refractivity contribution is -0.142. The van der Waals surface area contributed by atoms with Gasteiger partial charge in [-0.05, 0) is 42.3 Å². The summed E-state index contributed by atoms with van der Waals surface area (Å²) in [7, 11) is 0. The number of carbonyl (C=O) groups is 1. The number of anilines is 1. The first kappa shape index (κ1) is 19.5. The molecular weight excluding hydrogens is 381 g/mol. The lowest BCUT2D eigenvalue weighted by atomic mass is 10.0. The Balaban J connectivity index is 1.67. The molecule has 8 heteroatoms. The van der Waals surface area contributed by atoms with Crippen LogP contribution in [0.25, 0.3) is 11.1 Å². The van der Waals surface area contributed by atoms with Crippen molar-refractivity contribution in [2.24, 2.45) is 5.10 Å². The van der Waals surface area contributed by atoms with Crippen LogP contribution in [0.3, 0.4) is 0 Å². The molecule has 0 aliphatic rings. The first-order valence-electron chi connectivity index (χ1n) is 8.53. The summed E-state index contributed by atoms with van der Waals surface area (Å²) >= 11 is 1.31. The van der Waals surface area contributed by atoms with E-state index in [1.807, 2.05) is 0 Å². The zero-order chi connectivity index (χ0) is 19.9. The predicted molar refractivity (Wildman–Crippen MR) is 107 cm³/mol. The monoisotopic (exact) mass is 399 g/mol. The lowest BCUT2D eigenvalue weighted by Gasteiger charge is -2.05. The molecule has 0 unspecified atom stereocenters. The van der Waals surface area contributed by atoms with Crippen LogP contribution >= 0.6 is 11.3 Å². The summed E-state index contributed by atoms with van der Waals surface area (Å²) in [4.78, 5) is 15.7. The normalized spacial score (nSPS) is 10.9. The van der Waals surface area contributed by atoms with Crippen LogP contribution in [0.1, 0.15) is 18.2 Å². The van der Waals surface area contributed by atoms with Crippen molar-refractivity contribution in [3.63, 3.8) is 0 Å². The average molecular weight is 399 g/mol. The van der Waals surface area contributed by atoms with Gasteiger partial charge in [0.05, 0.1) is 24.9 Å². The molecular formula is C20H18FN3O3S. The number of thiazole rings is 1. The summed E-state index contributed by atoms with van der Waals surface area (Å²) in [5, 5.41) is 16.4. The predicted octanol–water partition coefficient (Wildman–Crippen LogP) is 4.21. The van der Waals surface area contributed by atoms with Crippen LogP contribution in [0.5, 0.6) is 5.75 Å². The van der Waals surface area contributed by atoms with E-state index in [1.54, 1.807) is 42.6 Å². The van der Waals surface area contributed by atoms with E-state index >= 15 is 0 Å². The fourth-order valence-electron chi connectivity index (χ4n) is 2.44. The number of nitrogens with one attached hydrogen (secondary N) is 1. The van der Waals surface area contributed by atoms with Gasteiger partial charge < -0.3 is 9.84 Å². The number of hydrogen-bond acceptors (Lipinski definition) is 7. The van der Waals surface area contributed by atoms with E-state index in [0.717, 1.165) is 11.1 Å². The molecule has 3 aromatic rings. The molecule has 28 heavy (non-hydrogen) atoms. The molecule has 2 N–H and O–H groups in total. The van der Waals surface area contributed by atoms with E-state index in [0.29, 0.717) is 23.0 Å². The van der Waals surface area contributed by atoms with Crippen LogP contribution in [-0.2, 0) is 16.0 Å². The van der Waals surface area contributed by atoms with Gasteiger partial charge in [0.25, 0.3) is 0 Å². The number of rotatable bonds is 7. The van der Waals surface area contributed by atoms with E-state index in [1.165, 1.54) is 29.7 Å². The molecule has 2 aromatic carbocycles. The molecule has 144 valence electrons. The Labute approximate surface area is 165 Å². The summed E-state index contributed by atoms with van der Waals surface area (Å²) in [6.45, 7) is 2.08. The highest BCUT2D eigenvalue weighted by atomic mass is 32.1. The van der Waals surface area contributed by atoms with Crippen LogP contribution < -0.4 is 5.43 Å². The quantitative estimate of drug-likeness (QED) is 0.353. The molecule has 0 fully saturated rings. The van der Waals surface area contributed by atoms with E-state index in [9.17, 15) is 14.3 Å². The van der Waals surface area contributed by atoms with Crippen LogP contribution in [0.15, 0.2) is 52.9 Å². The van der Waals surface area contributed by atoms with Crippen molar-refractivity contribution in [3.05, 3.63) is 64.9 Å². The van der Waals surface area contributed by atoms with Crippen molar-refractivity contribution in [2.45, 2.75) is 13.3 Å². The first-order valence-corrected chi connectivity index (χ1v) is 9.41. The zero-order valence-corrected chi connectivity index (χ0v) is 15.9. The maximum atomic E-state index is 13.1. The molecule has 1 aromatic heterocycles. The minimum Gasteiger partial charge on any atom is -0.507 e. The van der Waals surface area contributed by atoms with E-state index in [4.69, 9.17) is 4.74 Å². The van der Waals surface area contributed by atoms with Gasteiger partial charge in [-0.3, -0.25) is 10.2 Å². The number of benzene rings is 2. The van der Waals surface area contributed by atoms with Crippen LogP contribution in [0, 0.1) is 5.82 Å². The van der Waals surface area contributed by atoms with Crippen molar-refractivity contribution in [1.82, 2.24) is 4.98 Å². The van der Waals surface area contributed by atoms with Gasteiger partial charge in [0, 0.05) is 10.9 Å². The molecule has 0 spiro atoms. The third kappa shape index (κ3) is 5.14. The van der Waals surface area contributed by atoms with Gasteiger partial charge in [-0.2, -0.15) is 5.10 Å². The molecule has 1 heterocycles. The lowest BCUT2D eigenvalue weighted by Crippen LogP contribution is -2.07. The fraction of sp³-hybridized carbons (Fsp3) is 0.150. The Morgan fingerprint density at radius 3 is 2.79 bits per heavy atom. The van der Waals surface area contributed by atoms with E-state index in [2.05, 4.69) is 15.5 Å². The minimum atomic E-state index is -0.328. The second-order valence-corrected chi connectivity index (χ2v) is 6.63. The topological polar surface area (TPSA) is 83.8 Å². The number of ether oxygens (including phenoxy) is 1. The highest BCUT2D eigenvalue weighted by Gasteiger charge is 2.08. The summed E-state index contributed by atoms with van der Waals surface area (Å²) in [5.41, 5.74) is 5.52. The molecule has 0 aliphatic carbocycles. The molecule has 0 aliphatic heterocycles. The third-order valence-corrected chi connectivity index (χ3v) is 4.55. The smallest absolute Gasteiger partial charge is 0.311 e. The van der Waals surface area contributed by atoms with Crippen molar-refractivity contribution in [2.75, 3.05) is 12.0 Å². The number of carbonyl (C=O) groups excluding carboxylic acids is 1. The third-order valence-electron chi connectivity index (χ3n) is 3.75. The average Bonchev–Trinajstić information content (AvgIpc) is 3.11. The van der Waals surface area contributed by atoms with Gasteiger partial charge in [0.1, 0.15) is 11.6 Å². The standard InChI is InChI=1S/C20H18FN3O3S/c1-2-27-19(26)10-17-12-28-20(23-17)24-22-11-15-9-14(5-8-18(15)25)13-3-6-16(21)7-4-13/h3-9,11-12,25H,2,10H2,1H3,(H,23,24). The molecule has 0 radical (unpaired) electrons. The summed E-state index contributed by atoms with van der Waals surface area (Å²) < 4.78 is 18.0. The van der Waals surface area contributed by atoms with Gasteiger partial charge in [-0.1, -0.05) is 18.2 Å². The number of nitrogens with zero attached hydrogens (tertiary/aromatic N) is 2. The van der Waals surface area contributed by atoms with Crippen molar-refractivity contribution >= 4 is 28.7 Å². The maximum Gasteiger partial charge on any atom is 0.311 e.